The molecule has 0 spiro atoms. The lowest BCUT2D eigenvalue weighted by molar-refractivity contribution is -0.146. The van der Waals surface area contributed by atoms with E-state index in [0.29, 0.717) is 5.69 Å². The van der Waals surface area contributed by atoms with Crippen molar-refractivity contribution in [2.24, 2.45) is 0 Å². The first-order chi connectivity index (χ1) is 9.56. The highest BCUT2D eigenvalue weighted by atomic mass is 16.5. The molecule has 104 valence electrons. The van der Waals surface area contributed by atoms with Gasteiger partial charge in [-0.1, -0.05) is 12.1 Å². The zero-order valence-electron chi connectivity index (χ0n) is 11.7. The Morgan fingerprint density at radius 3 is 2.85 bits per heavy atom. The molecule has 0 aliphatic carbocycles. The minimum atomic E-state index is -0.337. The van der Waals surface area contributed by atoms with Gasteiger partial charge in [-0.05, 0) is 43.2 Å². The number of anilines is 1. The Balaban J connectivity index is 1.98. The van der Waals surface area contributed by atoms with Crippen LogP contribution in [0.15, 0.2) is 42.7 Å². The van der Waals surface area contributed by atoms with E-state index in [1.165, 1.54) is 0 Å². The van der Waals surface area contributed by atoms with E-state index in [2.05, 4.69) is 4.98 Å². The molecule has 1 heterocycles. The summed E-state index contributed by atoms with van der Waals surface area (Å²) in [7, 11) is 0. The van der Waals surface area contributed by atoms with Gasteiger partial charge >= 0.3 is 5.97 Å². The standard InChI is InChI=1S/C16H18N2O2/c1-11-6-13(9-18-8-11)10-20-16(19)12(2)14-4-3-5-15(17)7-14/h3-9,12H,10,17H2,1-2H3. The fourth-order valence-corrected chi connectivity index (χ4v) is 1.94. The zero-order chi connectivity index (χ0) is 14.5. The van der Waals surface area contributed by atoms with Gasteiger partial charge in [0, 0.05) is 23.6 Å². The lowest BCUT2D eigenvalue weighted by Gasteiger charge is -2.12. The Kier molecular flexibility index (Phi) is 4.35. The number of rotatable bonds is 4. The summed E-state index contributed by atoms with van der Waals surface area (Å²) in [6.45, 7) is 4.00. The van der Waals surface area contributed by atoms with Crippen LogP contribution in [0.2, 0.25) is 0 Å². The Labute approximate surface area is 118 Å². The van der Waals surface area contributed by atoms with E-state index in [4.69, 9.17) is 10.5 Å². The van der Waals surface area contributed by atoms with Crippen LogP contribution < -0.4 is 5.73 Å². The van der Waals surface area contributed by atoms with Gasteiger partial charge in [-0.2, -0.15) is 0 Å². The van der Waals surface area contributed by atoms with Crippen LogP contribution in [-0.4, -0.2) is 11.0 Å². The molecule has 0 saturated heterocycles. The molecule has 1 atom stereocenters. The summed E-state index contributed by atoms with van der Waals surface area (Å²) in [5.74, 6) is -0.603. The molecule has 2 rings (SSSR count). The van der Waals surface area contributed by atoms with Crippen molar-refractivity contribution >= 4 is 11.7 Å². The summed E-state index contributed by atoms with van der Waals surface area (Å²) in [5, 5.41) is 0. The number of hydrogen-bond donors (Lipinski definition) is 1. The Hall–Kier alpha value is -2.36. The predicted octanol–water partition coefficient (Wildman–Crippen LogP) is 2.82. The monoisotopic (exact) mass is 270 g/mol. The number of nitrogens with two attached hydrogens (primary N) is 1. The van der Waals surface area contributed by atoms with E-state index in [-0.39, 0.29) is 18.5 Å². The van der Waals surface area contributed by atoms with Gasteiger partial charge in [-0.15, -0.1) is 0 Å². The Morgan fingerprint density at radius 1 is 1.35 bits per heavy atom. The average Bonchev–Trinajstić information content (AvgIpc) is 2.44. The average molecular weight is 270 g/mol. The zero-order valence-corrected chi connectivity index (χ0v) is 11.7. The molecule has 1 aromatic heterocycles. The van der Waals surface area contributed by atoms with E-state index < -0.39 is 0 Å². The van der Waals surface area contributed by atoms with Crippen LogP contribution in [0.1, 0.15) is 29.5 Å². The number of carbonyl (C=O) groups is 1. The molecule has 4 nitrogen and oxygen atoms in total. The predicted molar refractivity (Wildman–Crippen MR) is 78.0 cm³/mol. The summed E-state index contributed by atoms with van der Waals surface area (Å²) in [5.41, 5.74) is 9.15. The van der Waals surface area contributed by atoms with E-state index in [0.717, 1.165) is 16.7 Å². The molecule has 0 aliphatic rings. The molecule has 0 saturated carbocycles. The maximum Gasteiger partial charge on any atom is 0.313 e. The molecule has 0 fully saturated rings. The number of nitrogen functional groups attached to an aromatic ring is 1. The largest absolute Gasteiger partial charge is 0.460 e. The number of ether oxygens (including phenoxy) is 1. The highest BCUT2D eigenvalue weighted by Gasteiger charge is 2.17. The normalized spacial score (nSPS) is 11.9. The quantitative estimate of drug-likeness (QED) is 0.685. The van der Waals surface area contributed by atoms with Crippen molar-refractivity contribution in [3.05, 3.63) is 59.4 Å². The Bertz CT molecular complexity index is 611. The molecule has 20 heavy (non-hydrogen) atoms. The van der Waals surface area contributed by atoms with Gasteiger partial charge in [0.1, 0.15) is 6.61 Å². The molecule has 2 aromatic rings. The number of nitrogens with zero attached hydrogens (tertiary/aromatic N) is 1. The molecular weight excluding hydrogens is 252 g/mol. The highest BCUT2D eigenvalue weighted by molar-refractivity contribution is 5.78. The minimum absolute atomic E-state index is 0.236. The molecule has 2 N–H and O–H groups in total. The van der Waals surface area contributed by atoms with Gasteiger partial charge in [0.05, 0.1) is 5.92 Å². The fraction of sp³-hybridized carbons (Fsp3) is 0.250. The van der Waals surface area contributed by atoms with Crippen LogP contribution in [0.5, 0.6) is 0 Å². The highest BCUT2D eigenvalue weighted by Crippen LogP contribution is 2.19. The number of aryl methyl sites for hydroxylation is 1. The topological polar surface area (TPSA) is 65.2 Å². The molecular formula is C16H18N2O2. The van der Waals surface area contributed by atoms with Crippen molar-refractivity contribution < 1.29 is 9.53 Å². The summed E-state index contributed by atoms with van der Waals surface area (Å²) < 4.78 is 5.32. The van der Waals surface area contributed by atoms with Crippen molar-refractivity contribution in [3.63, 3.8) is 0 Å². The third kappa shape index (κ3) is 3.57. The number of carbonyl (C=O) groups excluding carboxylic acids is 1. The Morgan fingerprint density at radius 2 is 2.15 bits per heavy atom. The third-order valence-corrected chi connectivity index (χ3v) is 3.08. The van der Waals surface area contributed by atoms with Crippen LogP contribution in [0, 0.1) is 6.92 Å². The van der Waals surface area contributed by atoms with E-state index >= 15 is 0 Å². The molecule has 0 amide bonds. The lowest BCUT2D eigenvalue weighted by Crippen LogP contribution is -2.13. The number of hydrogen-bond acceptors (Lipinski definition) is 4. The number of benzene rings is 1. The summed E-state index contributed by atoms with van der Waals surface area (Å²) in [6, 6.07) is 9.24. The smallest absolute Gasteiger partial charge is 0.313 e. The van der Waals surface area contributed by atoms with Crippen molar-refractivity contribution in [2.75, 3.05) is 5.73 Å². The molecule has 0 aliphatic heterocycles. The van der Waals surface area contributed by atoms with Gasteiger partial charge in [-0.25, -0.2) is 0 Å². The maximum atomic E-state index is 12.0. The van der Waals surface area contributed by atoms with E-state index in [9.17, 15) is 4.79 Å². The van der Waals surface area contributed by atoms with E-state index in [1.54, 1.807) is 24.5 Å². The summed E-state index contributed by atoms with van der Waals surface area (Å²) >= 11 is 0. The van der Waals surface area contributed by atoms with Gasteiger partial charge in [0.25, 0.3) is 0 Å². The van der Waals surface area contributed by atoms with Crippen LogP contribution in [-0.2, 0) is 16.1 Å². The number of esters is 1. The molecule has 4 heteroatoms. The van der Waals surface area contributed by atoms with Gasteiger partial charge in [0.15, 0.2) is 0 Å². The van der Waals surface area contributed by atoms with Crippen LogP contribution in [0.3, 0.4) is 0 Å². The van der Waals surface area contributed by atoms with Crippen LogP contribution >= 0.6 is 0 Å². The molecule has 0 radical (unpaired) electrons. The summed E-state index contributed by atoms with van der Waals surface area (Å²) in [4.78, 5) is 16.1. The molecule has 1 unspecified atom stereocenters. The first-order valence-electron chi connectivity index (χ1n) is 6.49. The lowest BCUT2D eigenvalue weighted by atomic mass is 10.0. The van der Waals surface area contributed by atoms with Crippen LogP contribution in [0.4, 0.5) is 5.69 Å². The van der Waals surface area contributed by atoms with Crippen molar-refractivity contribution in [3.8, 4) is 0 Å². The first kappa shape index (κ1) is 14.1. The summed E-state index contributed by atoms with van der Waals surface area (Å²) in [6.07, 6.45) is 3.46. The van der Waals surface area contributed by atoms with Crippen molar-refractivity contribution in [1.82, 2.24) is 4.98 Å². The second kappa shape index (κ2) is 6.19. The minimum Gasteiger partial charge on any atom is -0.460 e. The van der Waals surface area contributed by atoms with Gasteiger partial charge < -0.3 is 10.5 Å². The molecule has 0 bridgehead atoms. The second-order valence-electron chi connectivity index (χ2n) is 4.87. The number of aromatic nitrogens is 1. The molecule has 1 aromatic carbocycles. The SMILES string of the molecule is Cc1cncc(COC(=O)C(C)c2cccc(N)c2)c1. The number of pyridine rings is 1. The van der Waals surface area contributed by atoms with Crippen molar-refractivity contribution in [1.29, 1.82) is 0 Å². The van der Waals surface area contributed by atoms with Gasteiger partial charge in [0.2, 0.25) is 0 Å². The van der Waals surface area contributed by atoms with Crippen molar-refractivity contribution in [2.45, 2.75) is 26.4 Å². The van der Waals surface area contributed by atoms with Crippen LogP contribution in [0.25, 0.3) is 0 Å². The first-order valence-corrected chi connectivity index (χ1v) is 6.49. The fourth-order valence-electron chi connectivity index (χ4n) is 1.94. The second-order valence-corrected chi connectivity index (χ2v) is 4.87. The third-order valence-electron chi connectivity index (χ3n) is 3.08. The van der Waals surface area contributed by atoms with E-state index in [1.807, 2.05) is 32.0 Å². The van der Waals surface area contributed by atoms with Gasteiger partial charge in [-0.3, -0.25) is 9.78 Å². The maximum absolute atomic E-state index is 12.0.